The molecule has 0 radical (unpaired) electrons. The molecule has 8 heteroatoms. The van der Waals surface area contributed by atoms with E-state index in [1.807, 2.05) is 31.2 Å². The van der Waals surface area contributed by atoms with Gasteiger partial charge in [0.25, 0.3) is 0 Å². The molecule has 1 heterocycles. The highest BCUT2D eigenvalue weighted by Gasteiger charge is 2.17. The van der Waals surface area contributed by atoms with Crippen LogP contribution < -0.4 is 15.9 Å². The van der Waals surface area contributed by atoms with Crippen LogP contribution in [0.1, 0.15) is 20.8 Å². The molecule has 2 rings (SSSR count). The summed E-state index contributed by atoms with van der Waals surface area (Å²) in [7, 11) is 1.59. The van der Waals surface area contributed by atoms with Crippen LogP contribution >= 0.6 is 11.8 Å². The first-order valence-corrected chi connectivity index (χ1v) is 8.68. The predicted octanol–water partition coefficient (Wildman–Crippen LogP) is 1.92. The van der Waals surface area contributed by atoms with Crippen LogP contribution in [0.5, 0.6) is 5.75 Å². The van der Waals surface area contributed by atoms with Gasteiger partial charge in [0, 0.05) is 6.04 Å². The summed E-state index contributed by atoms with van der Waals surface area (Å²) in [4.78, 5) is 12.0. The van der Waals surface area contributed by atoms with Gasteiger partial charge >= 0.3 is 0 Å². The van der Waals surface area contributed by atoms with Gasteiger partial charge in [-0.05, 0) is 25.0 Å². The van der Waals surface area contributed by atoms with Crippen LogP contribution in [0.3, 0.4) is 0 Å². The lowest BCUT2D eigenvalue weighted by Gasteiger charge is -2.17. The van der Waals surface area contributed by atoms with Crippen LogP contribution in [0.2, 0.25) is 0 Å². The summed E-state index contributed by atoms with van der Waals surface area (Å²) in [5, 5.41) is 11.6. The number of aromatic nitrogens is 3. The zero-order valence-electron chi connectivity index (χ0n) is 14.3. The summed E-state index contributed by atoms with van der Waals surface area (Å²) in [6, 6.07) is 7.56. The molecule has 2 aromatic rings. The van der Waals surface area contributed by atoms with Gasteiger partial charge in [-0.2, -0.15) is 0 Å². The van der Waals surface area contributed by atoms with Crippen LogP contribution in [0.4, 0.5) is 0 Å². The average Bonchev–Trinajstić information content (AvgIpc) is 2.93. The summed E-state index contributed by atoms with van der Waals surface area (Å²) in [6.45, 7) is 6.11. The van der Waals surface area contributed by atoms with Crippen molar-refractivity contribution in [2.24, 2.45) is 5.92 Å². The molecule has 0 spiro atoms. The number of nitrogens with one attached hydrogen (secondary N) is 1. The fourth-order valence-corrected chi connectivity index (χ4v) is 2.65. The Labute approximate surface area is 145 Å². The zero-order chi connectivity index (χ0) is 17.7. The van der Waals surface area contributed by atoms with Crippen molar-refractivity contribution < 1.29 is 9.53 Å². The predicted molar refractivity (Wildman–Crippen MR) is 95.3 cm³/mol. The standard InChI is InChI=1S/C16H23N5O2S/c1-10(2)11(3)18-14(22)9-24-16-20-19-15(21(16)17)12-7-5-6-8-13(12)23-4/h5-8,10-11H,9,17H2,1-4H3,(H,18,22)/t11-/m1/s1. The van der Waals surface area contributed by atoms with E-state index in [1.54, 1.807) is 7.11 Å². The van der Waals surface area contributed by atoms with Crippen LogP contribution in [0.25, 0.3) is 11.4 Å². The number of carbonyl (C=O) groups is 1. The molecule has 0 saturated carbocycles. The topological polar surface area (TPSA) is 95.1 Å². The van der Waals surface area contributed by atoms with E-state index < -0.39 is 0 Å². The van der Waals surface area contributed by atoms with Gasteiger partial charge in [-0.15, -0.1) is 10.2 Å². The van der Waals surface area contributed by atoms with Gasteiger partial charge in [0.1, 0.15) is 5.75 Å². The van der Waals surface area contributed by atoms with Crippen molar-refractivity contribution in [1.82, 2.24) is 20.2 Å². The average molecular weight is 349 g/mol. The number of nitrogens with two attached hydrogens (primary N) is 1. The van der Waals surface area contributed by atoms with Crippen molar-refractivity contribution in [3.05, 3.63) is 24.3 Å². The maximum absolute atomic E-state index is 12.0. The fraction of sp³-hybridized carbons (Fsp3) is 0.438. The lowest BCUT2D eigenvalue weighted by molar-refractivity contribution is -0.119. The second-order valence-electron chi connectivity index (χ2n) is 5.77. The summed E-state index contributed by atoms with van der Waals surface area (Å²) in [5.74, 6) is 7.80. The molecule has 1 amide bonds. The van der Waals surface area contributed by atoms with Gasteiger partial charge in [-0.3, -0.25) is 4.79 Å². The lowest BCUT2D eigenvalue weighted by atomic mass is 10.1. The minimum atomic E-state index is -0.0527. The van der Waals surface area contributed by atoms with Crippen molar-refractivity contribution >= 4 is 17.7 Å². The number of rotatable bonds is 7. The number of thioether (sulfide) groups is 1. The molecule has 7 nitrogen and oxygen atoms in total. The SMILES string of the molecule is COc1ccccc1-c1nnc(SCC(=O)N[C@H](C)C(C)C)n1N. The van der Waals surface area contributed by atoms with E-state index in [1.165, 1.54) is 16.4 Å². The molecule has 3 N–H and O–H groups in total. The van der Waals surface area contributed by atoms with E-state index in [2.05, 4.69) is 29.4 Å². The summed E-state index contributed by atoms with van der Waals surface area (Å²) in [6.07, 6.45) is 0. The maximum Gasteiger partial charge on any atom is 0.230 e. The number of benzene rings is 1. The first-order valence-electron chi connectivity index (χ1n) is 7.70. The number of hydrogen-bond acceptors (Lipinski definition) is 6. The van der Waals surface area contributed by atoms with E-state index in [9.17, 15) is 4.79 Å². The molecule has 0 aliphatic rings. The zero-order valence-corrected chi connectivity index (χ0v) is 15.1. The van der Waals surface area contributed by atoms with Gasteiger partial charge in [-0.1, -0.05) is 37.7 Å². The highest BCUT2D eigenvalue weighted by atomic mass is 32.2. The second-order valence-corrected chi connectivity index (χ2v) is 6.71. The van der Waals surface area contributed by atoms with E-state index >= 15 is 0 Å². The molecule has 0 aliphatic heterocycles. The Hall–Kier alpha value is -2.22. The molecular weight excluding hydrogens is 326 g/mol. The van der Waals surface area contributed by atoms with Crippen molar-refractivity contribution in [3.63, 3.8) is 0 Å². The largest absolute Gasteiger partial charge is 0.496 e. The molecule has 0 bridgehead atoms. The van der Waals surface area contributed by atoms with Crippen LogP contribution in [-0.4, -0.2) is 39.7 Å². The molecule has 1 aromatic carbocycles. The number of para-hydroxylation sites is 1. The number of nitrogen functional groups attached to an aromatic ring is 1. The van der Waals surface area contributed by atoms with Crippen molar-refractivity contribution in [1.29, 1.82) is 0 Å². The van der Waals surface area contributed by atoms with Gasteiger partial charge in [0.05, 0.1) is 18.4 Å². The minimum Gasteiger partial charge on any atom is -0.496 e. The molecule has 0 saturated heterocycles. The van der Waals surface area contributed by atoms with Crippen LogP contribution in [-0.2, 0) is 4.79 Å². The van der Waals surface area contributed by atoms with Gasteiger partial charge in [0.2, 0.25) is 11.1 Å². The Bertz CT molecular complexity index is 702. The number of ether oxygens (including phenoxy) is 1. The third kappa shape index (κ3) is 4.19. The quantitative estimate of drug-likeness (QED) is 0.586. The number of hydrogen-bond donors (Lipinski definition) is 2. The number of carbonyl (C=O) groups excluding carboxylic acids is 1. The first kappa shape index (κ1) is 18.1. The molecular formula is C16H23N5O2S. The van der Waals surface area contributed by atoms with E-state index in [0.717, 1.165) is 5.56 Å². The van der Waals surface area contributed by atoms with Gasteiger partial charge in [-0.25, -0.2) is 4.68 Å². The third-order valence-electron chi connectivity index (χ3n) is 3.73. The molecule has 0 unspecified atom stereocenters. The third-order valence-corrected chi connectivity index (χ3v) is 4.68. The normalized spacial score (nSPS) is 12.2. The maximum atomic E-state index is 12.0. The Morgan fingerprint density at radius 3 is 2.71 bits per heavy atom. The van der Waals surface area contributed by atoms with Crippen molar-refractivity contribution in [2.45, 2.75) is 32.0 Å². The second kappa shape index (κ2) is 8.05. The Kier molecular flexibility index (Phi) is 6.08. The molecule has 1 atom stereocenters. The van der Waals surface area contributed by atoms with E-state index in [4.69, 9.17) is 10.6 Å². The summed E-state index contributed by atoms with van der Waals surface area (Å²) < 4.78 is 6.70. The number of amides is 1. The molecule has 1 aromatic heterocycles. The highest BCUT2D eigenvalue weighted by molar-refractivity contribution is 7.99. The highest BCUT2D eigenvalue weighted by Crippen LogP contribution is 2.29. The molecule has 0 aliphatic carbocycles. The number of methoxy groups -OCH3 is 1. The molecule has 24 heavy (non-hydrogen) atoms. The molecule has 0 fully saturated rings. The summed E-state index contributed by atoms with van der Waals surface area (Å²) >= 11 is 1.25. The van der Waals surface area contributed by atoms with Gasteiger partial charge in [0.15, 0.2) is 5.82 Å². The smallest absolute Gasteiger partial charge is 0.230 e. The fourth-order valence-electron chi connectivity index (χ4n) is 1.98. The van der Waals surface area contributed by atoms with Crippen molar-refractivity contribution in [2.75, 3.05) is 18.7 Å². The van der Waals surface area contributed by atoms with Crippen LogP contribution in [0, 0.1) is 5.92 Å². The minimum absolute atomic E-state index is 0.0527. The Morgan fingerprint density at radius 1 is 1.33 bits per heavy atom. The number of nitrogens with zero attached hydrogens (tertiary/aromatic N) is 3. The monoisotopic (exact) mass is 349 g/mol. The van der Waals surface area contributed by atoms with Crippen LogP contribution in [0.15, 0.2) is 29.4 Å². The van der Waals surface area contributed by atoms with E-state index in [-0.39, 0.29) is 17.7 Å². The summed E-state index contributed by atoms with van der Waals surface area (Å²) in [5.41, 5.74) is 0.750. The van der Waals surface area contributed by atoms with E-state index in [0.29, 0.717) is 22.6 Å². The Balaban J connectivity index is 2.07. The lowest BCUT2D eigenvalue weighted by Crippen LogP contribution is -2.37. The Morgan fingerprint density at radius 2 is 2.04 bits per heavy atom. The molecule has 130 valence electrons. The van der Waals surface area contributed by atoms with Gasteiger partial charge < -0.3 is 15.9 Å². The first-order chi connectivity index (χ1) is 11.4. The van der Waals surface area contributed by atoms with Crippen molar-refractivity contribution in [3.8, 4) is 17.1 Å².